The van der Waals surface area contributed by atoms with Crippen molar-refractivity contribution in [3.63, 3.8) is 0 Å². The number of fused-ring (bicyclic) bond motifs is 2. The largest absolute Gasteiger partial charge is 0.345 e. The van der Waals surface area contributed by atoms with Crippen LogP contribution in [-0.4, -0.2) is 9.13 Å². The average molecular weight is 413 g/mol. The van der Waals surface area contributed by atoms with Crippen LogP contribution in [0.3, 0.4) is 0 Å². The molecular formula is C27H28N2S. The Labute approximate surface area is 182 Å². The molecule has 0 amide bonds. The second kappa shape index (κ2) is 7.48. The molecule has 0 bridgehead atoms. The second-order valence-corrected chi connectivity index (χ2v) is 8.95. The first kappa shape index (κ1) is 19.2. The van der Waals surface area contributed by atoms with Gasteiger partial charge in [0, 0.05) is 57.1 Å². The van der Waals surface area contributed by atoms with Crippen LogP contribution in [0.4, 0.5) is 0 Å². The van der Waals surface area contributed by atoms with Crippen molar-refractivity contribution in [1.82, 2.24) is 9.13 Å². The molecule has 0 saturated heterocycles. The van der Waals surface area contributed by atoms with Gasteiger partial charge in [0.05, 0.1) is 0 Å². The molecule has 0 aliphatic carbocycles. The van der Waals surface area contributed by atoms with E-state index in [1.807, 2.05) is 11.3 Å². The predicted octanol–water partition coefficient (Wildman–Crippen LogP) is 7.49. The monoisotopic (exact) mass is 412 g/mol. The molecule has 0 saturated carbocycles. The first-order valence-corrected chi connectivity index (χ1v) is 11.7. The van der Waals surface area contributed by atoms with Gasteiger partial charge in [0.2, 0.25) is 0 Å². The molecule has 0 aliphatic rings. The number of aryl methyl sites for hydroxylation is 2. The Kier molecular flexibility index (Phi) is 4.79. The van der Waals surface area contributed by atoms with E-state index in [-0.39, 0.29) is 5.92 Å². The Morgan fingerprint density at radius 3 is 1.63 bits per heavy atom. The third kappa shape index (κ3) is 2.69. The van der Waals surface area contributed by atoms with Crippen molar-refractivity contribution < 1.29 is 0 Å². The van der Waals surface area contributed by atoms with Crippen LogP contribution in [0.15, 0.2) is 66.0 Å². The highest BCUT2D eigenvalue weighted by Gasteiger charge is 2.29. The van der Waals surface area contributed by atoms with Crippen LogP contribution in [0.1, 0.15) is 47.2 Å². The molecule has 30 heavy (non-hydrogen) atoms. The van der Waals surface area contributed by atoms with Crippen LogP contribution in [0, 0.1) is 13.8 Å². The van der Waals surface area contributed by atoms with Gasteiger partial charge < -0.3 is 9.13 Å². The topological polar surface area (TPSA) is 9.86 Å². The minimum atomic E-state index is 0.236. The van der Waals surface area contributed by atoms with Gasteiger partial charge >= 0.3 is 0 Å². The van der Waals surface area contributed by atoms with Crippen LogP contribution in [0.5, 0.6) is 0 Å². The lowest BCUT2D eigenvalue weighted by Gasteiger charge is -2.19. The summed E-state index contributed by atoms with van der Waals surface area (Å²) >= 11 is 1.87. The lowest BCUT2D eigenvalue weighted by molar-refractivity contribution is 0.750. The highest BCUT2D eigenvalue weighted by molar-refractivity contribution is 7.10. The lowest BCUT2D eigenvalue weighted by Crippen LogP contribution is -2.07. The smallest absolute Gasteiger partial charge is 0.0485 e. The number of aromatic nitrogens is 2. The Morgan fingerprint density at radius 2 is 1.20 bits per heavy atom. The van der Waals surface area contributed by atoms with E-state index >= 15 is 0 Å². The van der Waals surface area contributed by atoms with Gasteiger partial charge in [0.1, 0.15) is 0 Å². The zero-order valence-corrected chi connectivity index (χ0v) is 19.0. The lowest BCUT2D eigenvalue weighted by atomic mass is 9.86. The van der Waals surface area contributed by atoms with Gasteiger partial charge in [-0.1, -0.05) is 42.5 Å². The minimum absolute atomic E-state index is 0.236. The van der Waals surface area contributed by atoms with Crippen LogP contribution in [-0.2, 0) is 13.1 Å². The van der Waals surface area contributed by atoms with Crippen molar-refractivity contribution in [3.8, 4) is 0 Å². The number of para-hydroxylation sites is 2. The van der Waals surface area contributed by atoms with Gasteiger partial charge in [-0.2, -0.15) is 0 Å². The average Bonchev–Trinajstić information content (AvgIpc) is 3.45. The quantitative estimate of drug-likeness (QED) is 0.283. The molecule has 152 valence electrons. The number of nitrogens with zero attached hydrogens (tertiary/aromatic N) is 2. The van der Waals surface area contributed by atoms with Crippen LogP contribution in [0.2, 0.25) is 0 Å². The molecule has 5 rings (SSSR count). The molecule has 3 aromatic heterocycles. The molecule has 0 spiro atoms. The van der Waals surface area contributed by atoms with Gasteiger partial charge in [0.25, 0.3) is 0 Å². The molecule has 0 unspecified atom stereocenters. The number of hydrogen-bond acceptors (Lipinski definition) is 1. The van der Waals surface area contributed by atoms with E-state index in [2.05, 4.69) is 103 Å². The Hall–Kier alpha value is -2.78. The normalized spacial score (nSPS) is 11.9. The Bertz CT molecular complexity index is 1250. The molecule has 0 N–H and O–H groups in total. The number of benzene rings is 2. The van der Waals surface area contributed by atoms with E-state index in [0.29, 0.717) is 0 Å². The maximum absolute atomic E-state index is 2.47. The van der Waals surface area contributed by atoms with Gasteiger partial charge in [0.15, 0.2) is 0 Å². The van der Waals surface area contributed by atoms with Crippen molar-refractivity contribution >= 4 is 33.1 Å². The van der Waals surface area contributed by atoms with Crippen molar-refractivity contribution in [3.05, 3.63) is 93.4 Å². The summed E-state index contributed by atoms with van der Waals surface area (Å²) in [5.74, 6) is 0.236. The van der Waals surface area contributed by atoms with Gasteiger partial charge in [-0.25, -0.2) is 0 Å². The summed E-state index contributed by atoms with van der Waals surface area (Å²) in [4.78, 5) is 1.42. The maximum atomic E-state index is 2.47. The van der Waals surface area contributed by atoms with E-state index in [0.717, 1.165) is 13.1 Å². The molecular weight excluding hydrogens is 384 g/mol. The second-order valence-electron chi connectivity index (χ2n) is 7.97. The Morgan fingerprint density at radius 1 is 0.700 bits per heavy atom. The Balaban J connectivity index is 1.92. The summed E-state index contributed by atoms with van der Waals surface area (Å²) in [6.07, 6.45) is 0. The third-order valence-corrected chi connectivity index (χ3v) is 7.53. The van der Waals surface area contributed by atoms with E-state index in [1.54, 1.807) is 0 Å². The number of hydrogen-bond donors (Lipinski definition) is 0. The van der Waals surface area contributed by atoms with E-state index in [9.17, 15) is 0 Å². The van der Waals surface area contributed by atoms with Gasteiger partial charge in [-0.05, 0) is 62.4 Å². The first-order chi connectivity index (χ1) is 14.7. The van der Waals surface area contributed by atoms with Crippen LogP contribution in [0.25, 0.3) is 21.8 Å². The molecule has 2 nitrogen and oxygen atoms in total. The molecule has 3 heteroatoms. The molecule has 0 radical (unpaired) electrons. The molecule has 0 fully saturated rings. The van der Waals surface area contributed by atoms with E-state index in [1.165, 1.54) is 49.2 Å². The van der Waals surface area contributed by atoms with Gasteiger partial charge in [-0.3, -0.25) is 0 Å². The molecule has 0 aliphatic heterocycles. The summed E-state index contributed by atoms with van der Waals surface area (Å²) in [6, 6.07) is 22.3. The minimum Gasteiger partial charge on any atom is -0.345 e. The summed E-state index contributed by atoms with van der Waals surface area (Å²) < 4.78 is 4.94. The summed E-state index contributed by atoms with van der Waals surface area (Å²) in [7, 11) is 0. The van der Waals surface area contributed by atoms with Gasteiger partial charge in [-0.15, -0.1) is 11.3 Å². The molecule has 3 heterocycles. The SMILES string of the molecule is CCn1c(C)c(C(c2cccs2)c2c(C)n(CC)c3ccccc23)c2ccccc21. The third-order valence-electron chi connectivity index (χ3n) is 6.60. The number of rotatable bonds is 5. The highest BCUT2D eigenvalue weighted by atomic mass is 32.1. The summed E-state index contributed by atoms with van der Waals surface area (Å²) in [6.45, 7) is 11.1. The van der Waals surface area contributed by atoms with E-state index in [4.69, 9.17) is 0 Å². The highest BCUT2D eigenvalue weighted by Crippen LogP contribution is 2.45. The first-order valence-electron chi connectivity index (χ1n) is 10.9. The fraction of sp³-hybridized carbons (Fsp3) is 0.259. The standard InChI is InChI=1S/C27H28N2S/c1-5-28-18(3)25(20-12-7-9-14-22(20)28)27(24-16-11-17-30-24)26-19(4)29(6-2)23-15-10-8-13-21(23)26/h7-17,27H,5-6H2,1-4H3. The fourth-order valence-corrected chi connectivity index (χ4v) is 6.19. The molecule has 0 atom stereocenters. The van der Waals surface area contributed by atoms with Crippen molar-refractivity contribution in [2.75, 3.05) is 0 Å². The summed E-state index contributed by atoms with van der Waals surface area (Å²) in [5.41, 5.74) is 8.35. The van der Waals surface area contributed by atoms with Crippen molar-refractivity contribution in [2.45, 2.75) is 46.7 Å². The zero-order chi connectivity index (χ0) is 20.8. The number of thiophene rings is 1. The molecule has 2 aromatic carbocycles. The zero-order valence-electron chi connectivity index (χ0n) is 18.1. The van der Waals surface area contributed by atoms with Crippen LogP contribution >= 0.6 is 11.3 Å². The maximum Gasteiger partial charge on any atom is 0.0485 e. The molecule has 5 aromatic rings. The van der Waals surface area contributed by atoms with Crippen molar-refractivity contribution in [2.24, 2.45) is 0 Å². The van der Waals surface area contributed by atoms with E-state index < -0.39 is 0 Å². The summed E-state index contributed by atoms with van der Waals surface area (Å²) in [5, 5.41) is 4.97. The van der Waals surface area contributed by atoms with Crippen LogP contribution < -0.4 is 0 Å². The van der Waals surface area contributed by atoms with Crippen molar-refractivity contribution in [1.29, 1.82) is 0 Å². The predicted molar refractivity (Wildman–Crippen MR) is 130 cm³/mol. The fourth-order valence-electron chi connectivity index (χ4n) is 5.34.